The molecule has 0 aliphatic rings. The maximum atomic E-state index is 11.7. The Bertz CT molecular complexity index is 676. The smallest absolute Gasteiger partial charge is 0.276 e. The summed E-state index contributed by atoms with van der Waals surface area (Å²) >= 11 is 0. The number of hydrogen-bond donors (Lipinski definition) is 2. The Labute approximate surface area is 114 Å². The zero-order valence-electron chi connectivity index (χ0n) is 10.7. The minimum Gasteiger partial charge on any atom is -0.306 e. The number of hydrogen-bond acceptors (Lipinski definition) is 4. The Morgan fingerprint density at radius 3 is 2.85 bits per heavy atom. The normalized spacial score (nSPS) is 10.7. The predicted molar refractivity (Wildman–Crippen MR) is 74.1 cm³/mol. The lowest BCUT2D eigenvalue weighted by molar-refractivity contribution is -0.385. The summed E-state index contributed by atoms with van der Waals surface area (Å²) in [6.45, 7) is 1.81. The molecule has 0 saturated carbocycles. The van der Waals surface area contributed by atoms with Gasteiger partial charge in [0.2, 0.25) is 5.91 Å². The van der Waals surface area contributed by atoms with Gasteiger partial charge in [-0.15, -0.1) is 0 Å². The average Bonchev–Trinajstić information content (AvgIpc) is 2.82. The molecule has 2 N–H and O–H groups in total. The molecule has 102 valence electrons. The molecule has 0 fully saturated rings. The molecule has 0 aliphatic carbocycles. The number of nitro benzene ring substituents is 1. The van der Waals surface area contributed by atoms with Crippen LogP contribution in [0.15, 0.2) is 36.4 Å². The summed E-state index contributed by atoms with van der Waals surface area (Å²) in [5.41, 5.74) is 1.14. The number of carbonyl (C=O) groups is 1. The minimum atomic E-state index is -0.491. The van der Waals surface area contributed by atoms with Gasteiger partial charge in [0.1, 0.15) is 0 Å². The lowest BCUT2D eigenvalue weighted by Gasteiger charge is -1.97. The van der Waals surface area contributed by atoms with Crippen LogP contribution in [0.4, 0.5) is 11.5 Å². The Morgan fingerprint density at radius 2 is 2.20 bits per heavy atom. The van der Waals surface area contributed by atoms with Crippen molar-refractivity contribution in [2.75, 3.05) is 5.32 Å². The lowest BCUT2D eigenvalue weighted by atomic mass is 10.1. The van der Waals surface area contributed by atoms with Gasteiger partial charge < -0.3 is 5.32 Å². The second-order valence-electron chi connectivity index (χ2n) is 4.07. The fourth-order valence-corrected chi connectivity index (χ4v) is 1.61. The molecule has 1 amide bonds. The van der Waals surface area contributed by atoms with E-state index in [0.717, 1.165) is 5.69 Å². The van der Waals surface area contributed by atoms with Crippen LogP contribution in [0.2, 0.25) is 0 Å². The summed E-state index contributed by atoms with van der Waals surface area (Å²) in [7, 11) is 0. The van der Waals surface area contributed by atoms with Crippen LogP contribution >= 0.6 is 0 Å². The van der Waals surface area contributed by atoms with Crippen LogP contribution in [-0.4, -0.2) is 21.0 Å². The van der Waals surface area contributed by atoms with E-state index in [9.17, 15) is 14.9 Å². The molecule has 1 aromatic heterocycles. The van der Waals surface area contributed by atoms with E-state index < -0.39 is 10.8 Å². The third kappa shape index (κ3) is 3.29. The first-order valence-electron chi connectivity index (χ1n) is 5.81. The number of amides is 1. The molecule has 0 saturated heterocycles. The standard InChI is InChI=1S/C13H12N4O3/c1-9-8-12(16-15-9)14-13(18)7-6-10-4-2-3-5-11(10)17(19)20/h2-8H,1H3,(H2,14,15,16,18). The summed E-state index contributed by atoms with van der Waals surface area (Å²) in [5, 5.41) is 19.9. The van der Waals surface area contributed by atoms with E-state index in [1.54, 1.807) is 24.3 Å². The fraction of sp³-hybridized carbons (Fsp3) is 0.0769. The molecule has 0 atom stereocenters. The lowest BCUT2D eigenvalue weighted by Crippen LogP contribution is -2.08. The van der Waals surface area contributed by atoms with Crippen molar-refractivity contribution < 1.29 is 9.72 Å². The van der Waals surface area contributed by atoms with Crippen LogP contribution in [0, 0.1) is 17.0 Å². The summed E-state index contributed by atoms with van der Waals surface area (Å²) in [5.74, 6) is -0.00522. The molecule has 2 aromatic rings. The van der Waals surface area contributed by atoms with Gasteiger partial charge in [0, 0.05) is 23.9 Å². The zero-order valence-corrected chi connectivity index (χ0v) is 10.7. The van der Waals surface area contributed by atoms with Crippen LogP contribution in [0.5, 0.6) is 0 Å². The minimum absolute atomic E-state index is 0.0489. The van der Waals surface area contributed by atoms with Crippen molar-refractivity contribution in [3.63, 3.8) is 0 Å². The fourth-order valence-electron chi connectivity index (χ4n) is 1.61. The first kappa shape index (κ1) is 13.5. The summed E-state index contributed by atoms with van der Waals surface area (Å²) in [6, 6.07) is 7.87. The van der Waals surface area contributed by atoms with Crippen molar-refractivity contribution in [3.05, 3.63) is 57.8 Å². The number of carbonyl (C=O) groups excluding carboxylic acids is 1. The number of benzene rings is 1. The van der Waals surface area contributed by atoms with Crippen LogP contribution in [0.3, 0.4) is 0 Å². The number of anilines is 1. The molecule has 1 heterocycles. The largest absolute Gasteiger partial charge is 0.306 e. The van der Waals surface area contributed by atoms with Crippen LogP contribution in [0.1, 0.15) is 11.3 Å². The molecule has 7 heteroatoms. The van der Waals surface area contributed by atoms with Crippen LogP contribution in [0.25, 0.3) is 6.08 Å². The molecule has 20 heavy (non-hydrogen) atoms. The van der Waals surface area contributed by atoms with Gasteiger partial charge in [-0.3, -0.25) is 20.0 Å². The molecular weight excluding hydrogens is 260 g/mol. The second-order valence-corrected chi connectivity index (χ2v) is 4.07. The molecule has 1 aromatic carbocycles. The maximum Gasteiger partial charge on any atom is 0.276 e. The van der Waals surface area contributed by atoms with E-state index in [4.69, 9.17) is 0 Å². The number of H-pyrrole nitrogens is 1. The first-order valence-corrected chi connectivity index (χ1v) is 5.81. The Balaban J connectivity index is 2.09. The third-order valence-corrected chi connectivity index (χ3v) is 2.50. The zero-order chi connectivity index (χ0) is 14.5. The number of aromatic amines is 1. The van der Waals surface area contributed by atoms with Gasteiger partial charge in [-0.25, -0.2) is 0 Å². The monoisotopic (exact) mass is 272 g/mol. The van der Waals surface area contributed by atoms with Crippen molar-refractivity contribution >= 4 is 23.5 Å². The summed E-state index contributed by atoms with van der Waals surface area (Å²) < 4.78 is 0. The molecule has 0 spiro atoms. The molecule has 7 nitrogen and oxygen atoms in total. The first-order chi connectivity index (χ1) is 9.56. The van der Waals surface area contributed by atoms with Gasteiger partial charge >= 0.3 is 0 Å². The Kier molecular flexibility index (Phi) is 3.90. The van der Waals surface area contributed by atoms with Crippen molar-refractivity contribution in [2.45, 2.75) is 6.92 Å². The van der Waals surface area contributed by atoms with Gasteiger partial charge in [0.15, 0.2) is 5.82 Å². The molecule has 0 aliphatic heterocycles. The second kappa shape index (κ2) is 5.79. The number of nitro groups is 1. The topological polar surface area (TPSA) is 101 Å². The van der Waals surface area contributed by atoms with E-state index in [1.807, 2.05) is 6.92 Å². The van der Waals surface area contributed by atoms with Crippen LogP contribution < -0.4 is 5.32 Å². The maximum absolute atomic E-state index is 11.7. The highest BCUT2D eigenvalue weighted by atomic mass is 16.6. The Hall–Kier alpha value is -2.96. The van der Waals surface area contributed by atoms with E-state index in [1.165, 1.54) is 18.2 Å². The van der Waals surface area contributed by atoms with Gasteiger partial charge in [-0.05, 0) is 19.1 Å². The SMILES string of the molecule is Cc1cc(NC(=O)C=Cc2ccccc2[N+](=O)[O-])n[nH]1. The van der Waals surface area contributed by atoms with Crippen molar-refractivity contribution in [1.29, 1.82) is 0 Å². The van der Waals surface area contributed by atoms with E-state index in [-0.39, 0.29) is 5.69 Å². The number of nitrogens with zero attached hydrogens (tertiary/aromatic N) is 2. The number of rotatable bonds is 4. The average molecular weight is 272 g/mol. The highest BCUT2D eigenvalue weighted by Gasteiger charge is 2.09. The molecule has 0 unspecified atom stereocenters. The number of aromatic nitrogens is 2. The summed E-state index contributed by atoms with van der Waals surface area (Å²) in [4.78, 5) is 22.0. The van der Waals surface area contributed by atoms with Gasteiger partial charge in [0.25, 0.3) is 5.69 Å². The third-order valence-electron chi connectivity index (χ3n) is 2.50. The highest BCUT2D eigenvalue weighted by molar-refractivity contribution is 6.01. The molecule has 0 bridgehead atoms. The van der Waals surface area contributed by atoms with Crippen molar-refractivity contribution in [2.24, 2.45) is 0 Å². The quantitative estimate of drug-likeness (QED) is 0.506. The number of aryl methyl sites for hydroxylation is 1. The van der Waals surface area contributed by atoms with E-state index in [2.05, 4.69) is 15.5 Å². The Morgan fingerprint density at radius 1 is 1.45 bits per heavy atom. The van der Waals surface area contributed by atoms with Gasteiger partial charge in [-0.2, -0.15) is 5.10 Å². The number of para-hydroxylation sites is 1. The molecular formula is C13H12N4O3. The summed E-state index contributed by atoms with van der Waals surface area (Å²) in [6.07, 6.45) is 2.62. The number of nitrogens with one attached hydrogen (secondary N) is 2. The van der Waals surface area contributed by atoms with E-state index >= 15 is 0 Å². The van der Waals surface area contributed by atoms with Crippen molar-refractivity contribution in [3.8, 4) is 0 Å². The van der Waals surface area contributed by atoms with Gasteiger partial charge in [0.05, 0.1) is 10.5 Å². The van der Waals surface area contributed by atoms with Crippen LogP contribution in [-0.2, 0) is 4.79 Å². The molecule has 0 radical (unpaired) electrons. The van der Waals surface area contributed by atoms with Crippen molar-refractivity contribution in [1.82, 2.24) is 10.2 Å². The van der Waals surface area contributed by atoms with Gasteiger partial charge in [-0.1, -0.05) is 12.1 Å². The predicted octanol–water partition coefficient (Wildman–Crippen LogP) is 2.28. The van der Waals surface area contributed by atoms with E-state index in [0.29, 0.717) is 11.4 Å². The highest BCUT2D eigenvalue weighted by Crippen LogP contribution is 2.18. The molecule has 2 rings (SSSR count).